The maximum atomic E-state index is 11.7. The Labute approximate surface area is 130 Å². The van der Waals surface area contributed by atoms with Crippen LogP contribution in [0.15, 0.2) is 9.95 Å². The van der Waals surface area contributed by atoms with Crippen LogP contribution in [0.5, 0.6) is 0 Å². The molecule has 2 heterocycles. The number of aromatic amines is 1. The molecule has 16 heavy (non-hydrogen) atoms. The minimum Gasteiger partial charge on any atom is -1.00 e. The van der Waals surface area contributed by atoms with Crippen LogP contribution in [0, 0.1) is 6.92 Å². The highest BCUT2D eigenvalue weighted by Crippen LogP contribution is 2.25. The van der Waals surface area contributed by atoms with Gasteiger partial charge in [0, 0.05) is 10.2 Å². The Morgan fingerprint density at radius 3 is 2.88 bits per heavy atom. The lowest BCUT2D eigenvalue weighted by atomic mass is 10.2. The third kappa shape index (κ3) is 2.43. The molecule has 0 fully saturated rings. The van der Waals surface area contributed by atoms with Gasteiger partial charge in [0.15, 0.2) is 0 Å². The Balaban J connectivity index is 0.00000128. The highest BCUT2D eigenvalue weighted by molar-refractivity contribution is 14.1. The lowest BCUT2D eigenvalue weighted by Crippen LogP contribution is -3.00. The summed E-state index contributed by atoms with van der Waals surface area (Å²) in [6.45, 7) is 4.09. The molecule has 0 aliphatic carbocycles. The molecule has 1 atom stereocenters. The van der Waals surface area contributed by atoms with Crippen LogP contribution in [-0.4, -0.2) is 15.2 Å². The topological polar surface area (TPSA) is 36.7 Å². The van der Waals surface area contributed by atoms with E-state index in [1.807, 2.05) is 6.92 Å². The number of aromatic nitrogens is 2. The number of halogens is 2. The molecule has 90 valence electrons. The van der Waals surface area contributed by atoms with Gasteiger partial charge in [-0.05, 0) is 25.1 Å². The molecule has 0 aromatic carbocycles. The van der Waals surface area contributed by atoms with Crippen LogP contribution in [0.3, 0.4) is 0 Å². The third-order valence-electron chi connectivity index (χ3n) is 2.82. The van der Waals surface area contributed by atoms with Crippen molar-refractivity contribution in [3.63, 3.8) is 0 Å². The van der Waals surface area contributed by atoms with Crippen LogP contribution in [0.4, 0.5) is 0 Å². The van der Waals surface area contributed by atoms with Gasteiger partial charge in [0.1, 0.15) is 11.7 Å². The van der Waals surface area contributed by atoms with Gasteiger partial charge in [-0.15, -0.1) is 0 Å². The SMILES string of the molecule is CCc1c(C)[n+]2c([nH]c1=O)SCC2CI.[I-]. The van der Waals surface area contributed by atoms with Crippen LogP contribution < -0.4 is 34.1 Å². The van der Waals surface area contributed by atoms with Gasteiger partial charge >= 0.3 is 10.7 Å². The summed E-state index contributed by atoms with van der Waals surface area (Å²) in [5.41, 5.74) is 2.15. The molecule has 3 nitrogen and oxygen atoms in total. The second-order valence-electron chi connectivity index (χ2n) is 3.67. The average Bonchev–Trinajstić information content (AvgIpc) is 2.61. The van der Waals surface area contributed by atoms with Crippen LogP contribution in [0.1, 0.15) is 24.2 Å². The van der Waals surface area contributed by atoms with E-state index in [1.165, 1.54) is 0 Å². The molecule has 6 heteroatoms. The minimum atomic E-state index is 0. The number of hydrogen-bond acceptors (Lipinski definition) is 2. The van der Waals surface area contributed by atoms with E-state index in [9.17, 15) is 4.79 Å². The van der Waals surface area contributed by atoms with Crippen LogP contribution in [0.2, 0.25) is 0 Å². The van der Waals surface area contributed by atoms with E-state index in [0.29, 0.717) is 6.04 Å². The van der Waals surface area contributed by atoms with Gasteiger partial charge in [-0.25, -0.2) is 14.3 Å². The van der Waals surface area contributed by atoms with Crippen molar-refractivity contribution < 1.29 is 28.5 Å². The van der Waals surface area contributed by atoms with E-state index in [4.69, 9.17) is 0 Å². The van der Waals surface area contributed by atoms with Crippen molar-refractivity contribution in [3.8, 4) is 0 Å². The normalized spacial score (nSPS) is 18.1. The zero-order valence-electron chi connectivity index (χ0n) is 9.22. The van der Waals surface area contributed by atoms with Crippen molar-refractivity contribution in [2.75, 3.05) is 10.2 Å². The lowest BCUT2D eigenvalue weighted by Gasteiger charge is -2.09. The van der Waals surface area contributed by atoms with Crippen LogP contribution in [0.25, 0.3) is 0 Å². The molecule has 1 aromatic heterocycles. The van der Waals surface area contributed by atoms with Gasteiger partial charge < -0.3 is 24.0 Å². The molecule has 1 aromatic rings. The molecule has 1 aliphatic heterocycles. The first kappa shape index (κ1) is 14.7. The minimum absolute atomic E-state index is 0. The van der Waals surface area contributed by atoms with Crippen molar-refractivity contribution in [1.82, 2.24) is 4.98 Å². The van der Waals surface area contributed by atoms with Crippen molar-refractivity contribution >= 4 is 34.4 Å². The van der Waals surface area contributed by atoms with Gasteiger partial charge in [0.2, 0.25) is 0 Å². The second-order valence-corrected chi connectivity index (χ2v) is 5.56. The zero-order valence-corrected chi connectivity index (χ0v) is 14.3. The summed E-state index contributed by atoms with van der Waals surface area (Å²) < 4.78 is 3.38. The molecular formula is C10H14I2N2OS. The van der Waals surface area contributed by atoms with Crippen molar-refractivity contribution in [2.45, 2.75) is 31.5 Å². The standard InChI is InChI=1S/C10H13IN2OS.HI/c1-3-8-6(2)13-7(4-11)5-15-10(13)12-9(8)14;/h7H,3-5H2,1-2H3;1H. The molecule has 0 radical (unpaired) electrons. The smallest absolute Gasteiger partial charge is 0.339 e. The number of thioether (sulfide) groups is 1. The summed E-state index contributed by atoms with van der Waals surface area (Å²) in [5, 5.41) is 1.02. The molecule has 0 amide bonds. The van der Waals surface area contributed by atoms with Gasteiger partial charge in [-0.2, -0.15) is 0 Å². The molecule has 0 spiro atoms. The molecule has 1 N–H and O–H groups in total. The van der Waals surface area contributed by atoms with Gasteiger partial charge in [-0.1, -0.05) is 29.5 Å². The monoisotopic (exact) mass is 464 g/mol. The molecule has 1 aliphatic rings. The predicted octanol–water partition coefficient (Wildman–Crippen LogP) is -1.38. The van der Waals surface area contributed by atoms with Crippen molar-refractivity contribution in [2.24, 2.45) is 0 Å². The molecule has 1 unspecified atom stereocenters. The van der Waals surface area contributed by atoms with E-state index in [0.717, 1.165) is 33.0 Å². The number of rotatable bonds is 2. The number of alkyl halides is 1. The van der Waals surface area contributed by atoms with E-state index in [1.54, 1.807) is 11.8 Å². The van der Waals surface area contributed by atoms with Crippen molar-refractivity contribution in [3.05, 3.63) is 21.6 Å². The molecule has 2 rings (SSSR count). The summed E-state index contributed by atoms with van der Waals surface area (Å²) in [5.74, 6) is 1.08. The number of H-pyrrole nitrogens is 1. The number of nitrogens with one attached hydrogen (secondary N) is 1. The summed E-state index contributed by atoms with van der Waals surface area (Å²) in [6, 6.07) is 0.535. The highest BCUT2D eigenvalue weighted by Gasteiger charge is 2.32. The van der Waals surface area contributed by atoms with Gasteiger partial charge in [-0.3, -0.25) is 0 Å². The summed E-state index contributed by atoms with van der Waals surface area (Å²) in [4.78, 5) is 14.7. The third-order valence-corrected chi connectivity index (χ3v) is 4.96. The first-order valence-corrected chi connectivity index (χ1v) is 7.56. The zero-order chi connectivity index (χ0) is 11.0. The van der Waals surface area contributed by atoms with Gasteiger partial charge in [0.05, 0.1) is 5.56 Å². The summed E-state index contributed by atoms with van der Waals surface area (Å²) >= 11 is 4.16. The predicted molar refractivity (Wildman–Crippen MR) is 70.0 cm³/mol. The number of hydrogen-bond donors (Lipinski definition) is 1. The Kier molecular flexibility index (Phi) is 5.56. The second kappa shape index (κ2) is 6.03. The maximum Gasteiger partial charge on any atom is 0.339 e. The molecule has 0 bridgehead atoms. The van der Waals surface area contributed by atoms with E-state index < -0.39 is 0 Å². The molecular weight excluding hydrogens is 450 g/mol. The Hall–Kier alpha value is 0.690. The van der Waals surface area contributed by atoms with E-state index in [-0.39, 0.29) is 29.5 Å². The van der Waals surface area contributed by atoms with E-state index >= 15 is 0 Å². The Morgan fingerprint density at radius 2 is 2.31 bits per heavy atom. The van der Waals surface area contributed by atoms with Gasteiger partial charge in [0.25, 0.3) is 0 Å². The Morgan fingerprint density at radius 1 is 1.62 bits per heavy atom. The fraction of sp³-hybridized carbons (Fsp3) is 0.600. The van der Waals surface area contributed by atoms with E-state index in [2.05, 4.69) is 39.1 Å². The average molecular weight is 464 g/mol. The quantitative estimate of drug-likeness (QED) is 0.254. The van der Waals surface area contributed by atoms with Crippen LogP contribution in [-0.2, 0) is 6.42 Å². The first-order valence-electron chi connectivity index (χ1n) is 5.05. The maximum absolute atomic E-state index is 11.7. The largest absolute Gasteiger partial charge is 1.00 e. The first-order chi connectivity index (χ1) is 7.19. The number of nitrogens with zero attached hydrogens (tertiary/aromatic N) is 1. The van der Waals surface area contributed by atoms with Crippen molar-refractivity contribution in [1.29, 1.82) is 0 Å². The fourth-order valence-electron chi connectivity index (χ4n) is 2.02. The Bertz CT molecular complexity index is 447. The fourth-order valence-corrected chi connectivity index (χ4v) is 4.35. The molecule has 0 saturated carbocycles. The highest BCUT2D eigenvalue weighted by atomic mass is 127. The van der Waals surface area contributed by atoms with Crippen LogP contribution >= 0.6 is 34.4 Å². The molecule has 0 saturated heterocycles. The lowest BCUT2D eigenvalue weighted by molar-refractivity contribution is -0.752. The summed E-state index contributed by atoms with van der Waals surface area (Å²) in [6.07, 6.45) is 0.806. The summed E-state index contributed by atoms with van der Waals surface area (Å²) in [7, 11) is 0. The number of fused-ring (bicyclic) bond motifs is 1.